The van der Waals surface area contributed by atoms with Crippen LogP contribution < -0.4 is 20.7 Å². The summed E-state index contributed by atoms with van der Waals surface area (Å²) in [6.07, 6.45) is 1.18. The van der Waals surface area contributed by atoms with Crippen molar-refractivity contribution in [2.24, 2.45) is 5.92 Å². The van der Waals surface area contributed by atoms with Crippen molar-refractivity contribution in [2.75, 3.05) is 42.2 Å². The van der Waals surface area contributed by atoms with Gasteiger partial charge in [-0.25, -0.2) is 14.2 Å². The number of thiophene rings is 1. The van der Waals surface area contributed by atoms with E-state index >= 15 is 4.39 Å². The summed E-state index contributed by atoms with van der Waals surface area (Å²) in [5, 5.41) is 5.23. The first-order valence-electron chi connectivity index (χ1n) is 13.2. The van der Waals surface area contributed by atoms with Gasteiger partial charge in [-0.1, -0.05) is 11.3 Å². The third kappa shape index (κ3) is 4.59. The number of aromatic nitrogens is 1. The minimum atomic E-state index is -0.529. The highest BCUT2D eigenvalue weighted by atomic mass is 32.1. The normalized spacial score (nSPS) is 22.8. The highest BCUT2D eigenvalue weighted by Gasteiger charge is 2.44. The number of nitrogen functional groups attached to an aromatic ring is 1. The number of hydrogen-bond acceptors (Lipinski definition) is 8. The van der Waals surface area contributed by atoms with Gasteiger partial charge in [-0.05, 0) is 52.3 Å². The van der Waals surface area contributed by atoms with E-state index < -0.39 is 5.60 Å². The molecule has 2 saturated heterocycles. The SMILES string of the molecule is Cc1ccc2c(N)c(N[C@H]3COc4cc(N5CCC6CN(C(=O)OC(C)(C)C)CC65)cc(F)c4C3)sc2n1. The number of benzene rings is 1. The number of fused-ring (bicyclic) bond motifs is 3. The minimum absolute atomic E-state index is 0.104. The lowest BCUT2D eigenvalue weighted by molar-refractivity contribution is 0.0284. The number of nitrogens with one attached hydrogen (secondary N) is 1. The van der Waals surface area contributed by atoms with Crippen molar-refractivity contribution >= 4 is 44.0 Å². The minimum Gasteiger partial charge on any atom is -0.491 e. The van der Waals surface area contributed by atoms with Gasteiger partial charge in [0.25, 0.3) is 0 Å². The van der Waals surface area contributed by atoms with E-state index in [1.165, 1.54) is 11.3 Å². The molecule has 5 heterocycles. The third-order valence-electron chi connectivity index (χ3n) is 7.63. The Kier molecular flexibility index (Phi) is 6.05. The number of amides is 1. The molecular weight excluding hydrogens is 505 g/mol. The van der Waals surface area contributed by atoms with Crippen LogP contribution in [0.2, 0.25) is 0 Å². The Labute approximate surface area is 225 Å². The van der Waals surface area contributed by atoms with Crippen LogP contribution in [0.4, 0.5) is 25.6 Å². The molecule has 8 nitrogen and oxygen atoms in total. The van der Waals surface area contributed by atoms with E-state index in [1.807, 2.05) is 45.9 Å². The summed E-state index contributed by atoms with van der Waals surface area (Å²) in [7, 11) is 0. The van der Waals surface area contributed by atoms with Crippen LogP contribution in [0, 0.1) is 18.7 Å². The number of anilines is 3. The molecule has 3 aromatic rings. The van der Waals surface area contributed by atoms with Crippen LogP contribution >= 0.6 is 11.3 Å². The van der Waals surface area contributed by atoms with Gasteiger partial charge in [-0.2, -0.15) is 0 Å². The fourth-order valence-electron chi connectivity index (χ4n) is 5.82. The average Bonchev–Trinajstić information content (AvgIpc) is 3.51. The Morgan fingerprint density at radius 2 is 2.11 bits per heavy atom. The molecule has 1 amide bonds. The maximum Gasteiger partial charge on any atom is 0.410 e. The van der Waals surface area contributed by atoms with Gasteiger partial charge in [0.1, 0.15) is 33.6 Å². The molecule has 3 atom stereocenters. The topological polar surface area (TPSA) is 93.0 Å². The quantitative estimate of drug-likeness (QED) is 0.473. The van der Waals surface area contributed by atoms with Gasteiger partial charge in [0.2, 0.25) is 0 Å². The standard InChI is InChI=1S/C28H34FN5O3S/c1-15-5-6-19-24(30)26(38-25(19)31-15)32-17-9-20-21(29)10-18(11-23(20)36-14-17)34-8-7-16-12-33(13-22(16)34)27(35)37-28(2,3)4/h5-6,10-11,16-17,22,32H,7-9,12-14,30H2,1-4H3/t16?,17-,22?/m1/s1. The molecule has 2 unspecified atom stereocenters. The molecule has 2 fully saturated rings. The van der Waals surface area contributed by atoms with E-state index in [9.17, 15) is 4.79 Å². The molecule has 38 heavy (non-hydrogen) atoms. The van der Waals surface area contributed by atoms with E-state index in [0.717, 1.165) is 39.6 Å². The van der Waals surface area contributed by atoms with E-state index in [0.29, 0.717) is 49.0 Å². The number of carbonyl (C=O) groups excluding carboxylic acids is 1. The van der Waals surface area contributed by atoms with Gasteiger partial charge in [0.05, 0.1) is 17.8 Å². The van der Waals surface area contributed by atoms with E-state index in [2.05, 4.69) is 15.2 Å². The van der Waals surface area contributed by atoms with Crippen LogP contribution in [-0.2, 0) is 11.2 Å². The zero-order valence-electron chi connectivity index (χ0n) is 22.2. The summed E-state index contributed by atoms with van der Waals surface area (Å²) in [5.74, 6) is 0.669. The average molecular weight is 540 g/mol. The number of likely N-dealkylation sites (tertiary alicyclic amines) is 1. The molecule has 3 aliphatic rings. The largest absolute Gasteiger partial charge is 0.491 e. The lowest BCUT2D eigenvalue weighted by Crippen LogP contribution is -2.39. The second-order valence-electron chi connectivity index (χ2n) is 11.6. The molecule has 0 radical (unpaired) electrons. The number of hydrogen-bond donors (Lipinski definition) is 2. The smallest absolute Gasteiger partial charge is 0.410 e. The van der Waals surface area contributed by atoms with Crippen molar-refractivity contribution in [3.63, 3.8) is 0 Å². The predicted molar refractivity (Wildman–Crippen MR) is 149 cm³/mol. The number of rotatable bonds is 3. The summed E-state index contributed by atoms with van der Waals surface area (Å²) in [5.41, 5.74) is 8.84. The second-order valence-corrected chi connectivity index (χ2v) is 12.6. The molecule has 0 spiro atoms. The zero-order chi connectivity index (χ0) is 26.8. The van der Waals surface area contributed by atoms with E-state index in [1.54, 1.807) is 11.0 Å². The first kappa shape index (κ1) is 25.0. The molecule has 0 saturated carbocycles. The van der Waals surface area contributed by atoms with Gasteiger partial charge in [0, 0.05) is 60.4 Å². The molecule has 10 heteroatoms. The molecule has 3 aliphatic heterocycles. The van der Waals surface area contributed by atoms with Crippen LogP contribution in [-0.4, -0.2) is 59.9 Å². The maximum absolute atomic E-state index is 15.5. The van der Waals surface area contributed by atoms with Crippen molar-refractivity contribution in [3.8, 4) is 5.75 Å². The van der Waals surface area contributed by atoms with Gasteiger partial charge in [-0.3, -0.25) is 0 Å². The summed E-state index contributed by atoms with van der Waals surface area (Å²) >= 11 is 1.51. The zero-order valence-corrected chi connectivity index (χ0v) is 23.0. The molecular formula is C28H34FN5O3S. The van der Waals surface area contributed by atoms with Crippen LogP contribution in [0.5, 0.6) is 5.75 Å². The van der Waals surface area contributed by atoms with Crippen LogP contribution in [0.15, 0.2) is 24.3 Å². The number of nitrogens with two attached hydrogens (primary N) is 1. The summed E-state index contributed by atoms with van der Waals surface area (Å²) in [4.78, 5) is 22.1. The van der Waals surface area contributed by atoms with E-state index in [4.69, 9.17) is 15.2 Å². The number of ether oxygens (including phenoxy) is 2. The third-order valence-corrected chi connectivity index (χ3v) is 8.68. The van der Waals surface area contributed by atoms with Crippen molar-refractivity contribution in [1.29, 1.82) is 0 Å². The molecule has 3 N–H and O–H groups in total. The Morgan fingerprint density at radius 3 is 2.89 bits per heavy atom. The lowest BCUT2D eigenvalue weighted by Gasteiger charge is -2.31. The summed E-state index contributed by atoms with van der Waals surface area (Å²) < 4.78 is 27.1. The second kappa shape index (κ2) is 9.18. The highest BCUT2D eigenvalue weighted by molar-refractivity contribution is 7.23. The summed E-state index contributed by atoms with van der Waals surface area (Å²) in [6.45, 7) is 10.1. The maximum atomic E-state index is 15.5. The summed E-state index contributed by atoms with van der Waals surface area (Å²) in [6, 6.07) is 7.55. The molecule has 2 aromatic heterocycles. The molecule has 202 valence electrons. The van der Waals surface area contributed by atoms with Crippen LogP contribution in [0.25, 0.3) is 10.2 Å². The van der Waals surface area contributed by atoms with Crippen LogP contribution in [0.3, 0.4) is 0 Å². The van der Waals surface area contributed by atoms with Gasteiger partial charge in [0.15, 0.2) is 0 Å². The van der Waals surface area contributed by atoms with Crippen molar-refractivity contribution in [2.45, 2.75) is 58.2 Å². The Bertz CT molecular complexity index is 1400. The Morgan fingerprint density at radius 1 is 1.29 bits per heavy atom. The molecule has 0 aliphatic carbocycles. The Balaban J connectivity index is 1.16. The van der Waals surface area contributed by atoms with Crippen LogP contribution in [0.1, 0.15) is 38.4 Å². The highest BCUT2D eigenvalue weighted by Crippen LogP contribution is 2.41. The van der Waals surface area contributed by atoms with E-state index in [-0.39, 0.29) is 24.0 Å². The Hall–Kier alpha value is -3.27. The fraction of sp³-hybridized carbons (Fsp3) is 0.500. The number of pyridine rings is 1. The lowest BCUT2D eigenvalue weighted by atomic mass is 10.0. The molecule has 6 rings (SSSR count). The van der Waals surface area contributed by atoms with Gasteiger partial charge in [-0.15, -0.1) is 0 Å². The van der Waals surface area contributed by atoms with Gasteiger partial charge >= 0.3 is 6.09 Å². The first-order chi connectivity index (χ1) is 18.1. The van der Waals surface area contributed by atoms with Crippen molar-refractivity contribution in [3.05, 3.63) is 41.3 Å². The molecule has 1 aromatic carbocycles. The van der Waals surface area contributed by atoms with Crippen molar-refractivity contribution in [1.82, 2.24) is 9.88 Å². The van der Waals surface area contributed by atoms with Gasteiger partial charge < -0.3 is 30.3 Å². The number of halogens is 1. The first-order valence-corrected chi connectivity index (χ1v) is 14.0. The molecule has 0 bridgehead atoms. The van der Waals surface area contributed by atoms with Crippen molar-refractivity contribution < 1.29 is 18.7 Å². The monoisotopic (exact) mass is 539 g/mol. The predicted octanol–water partition coefficient (Wildman–Crippen LogP) is 5.19. The number of nitrogens with zero attached hydrogens (tertiary/aromatic N) is 3. The number of aryl methyl sites for hydroxylation is 1. The fourth-order valence-corrected chi connectivity index (χ4v) is 6.94. The number of carbonyl (C=O) groups is 1.